The van der Waals surface area contributed by atoms with Crippen molar-refractivity contribution >= 4 is 34.9 Å². The van der Waals surface area contributed by atoms with E-state index >= 15 is 0 Å². The van der Waals surface area contributed by atoms with Crippen LogP contribution in [0.15, 0.2) is 36.4 Å². The van der Waals surface area contributed by atoms with Gasteiger partial charge in [0.2, 0.25) is 5.91 Å². The van der Waals surface area contributed by atoms with E-state index < -0.39 is 0 Å². The van der Waals surface area contributed by atoms with Gasteiger partial charge in [0.05, 0.1) is 6.04 Å². The number of ether oxygens (including phenoxy) is 2. The maximum Gasteiger partial charge on any atom is 0.223 e. The molecule has 1 unspecified atom stereocenters. The molecule has 0 bridgehead atoms. The van der Waals surface area contributed by atoms with Gasteiger partial charge < -0.3 is 14.4 Å². The van der Waals surface area contributed by atoms with Crippen LogP contribution >= 0.6 is 23.2 Å². The highest BCUT2D eigenvalue weighted by molar-refractivity contribution is 6.35. The van der Waals surface area contributed by atoms with Crippen molar-refractivity contribution in [2.24, 2.45) is 0 Å². The predicted octanol–water partition coefficient (Wildman–Crippen LogP) is 4.95. The maximum absolute atomic E-state index is 12.6. The number of fused-ring (bicyclic) bond motifs is 1. The summed E-state index contributed by atoms with van der Waals surface area (Å²) in [7, 11) is 1.70. The number of carbonyl (C=O) groups excluding carboxylic acids is 2. The lowest BCUT2D eigenvalue weighted by molar-refractivity contribution is -0.131. The minimum atomic E-state index is -0.235. The van der Waals surface area contributed by atoms with E-state index in [2.05, 4.69) is 0 Å². The quantitative estimate of drug-likeness (QED) is 0.619. The molecule has 1 aliphatic rings. The normalized spacial score (nSPS) is 13.7. The van der Waals surface area contributed by atoms with Gasteiger partial charge >= 0.3 is 0 Å². The van der Waals surface area contributed by atoms with Gasteiger partial charge in [0.1, 0.15) is 13.2 Å². The number of carbonyl (C=O) groups is 2. The van der Waals surface area contributed by atoms with Gasteiger partial charge in [0.15, 0.2) is 17.3 Å². The average molecular weight is 422 g/mol. The van der Waals surface area contributed by atoms with Crippen molar-refractivity contribution in [2.75, 3.05) is 20.3 Å². The van der Waals surface area contributed by atoms with Gasteiger partial charge in [-0.2, -0.15) is 0 Å². The second-order valence-corrected chi connectivity index (χ2v) is 7.47. The fraction of sp³-hybridized carbons (Fsp3) is 0.333. The Morgan fingerprint density at radius 3 is 2.46 bits per heavy atom. The van der Waals surface area contributed by atoms with Crippen LogP contribution in [0.5, 0.6) is 11.5 Å². The Morgan fingerprint density at radius 1 is 1.04 bits per heavy atom. The van der Waals surface area contributed by atoms with Crippen molar-refractivity contribution < 1.29 is 19.1 Å². The third kappa shape index (κ3) is 4.59. The SMILES string of the molecule is CC(c1ccc(Cl)cc1Cl)N(C)C(=O)CCC(=O)c1ccc2c(c1)OCCO2. The summed E-state index contributed by atoms with van der Waals surface area (Å²) >= 11 is 12.2. The number of hydrogen-bond donors (Lipinski definition) is 0. The van der Waals surface area contributed by atoms with Crippen LogP contribution < -0.4 is 9.47 Å². The summed E-state index contributed by atoms with van der Waals surface area (Å²) in [5.41, 5.74) is 1.31. The van der Waals surface area contributed by atoms with E-state index in [4.69, 9.17) is 32.7 Å². The third-order valence-corrected chi connectivity index (χ3v) is 5.38. The molecule has 1 aliphatic heterocycles. The Labute approximate surface area is 174 Å². The van der Waals surface area contributed by atoms with E-state index in [1.54, 1.807) is 48.3 Å². The predicted molar refractivity (Wildman–Crippen MR) is 109 cm³/mol. The zero-order valence-corrected chi connectivity index (χ0v) is 17.2. The summed E-state index contributed by atoms with van der Waals surface area (Å²) in [6.07, 6.45) is 0.225. The summed E-state index contributed by atoms with van der Waals surface area (Å²) in [6, 6.07) is 10.0. The van der Waals surface area contributed by atoms with E-state index in [0.717, 1.165) is 5.56 Å². The smallest absolute Gasteiger partial charge is 0.223 e. The van der Waals surface area contributed by atoms with Crippen molar-refractivity contribution in [2.45, 2.75) is 25.8 Å². The molecular formula is C21H21Cl2NO4. The largest absolute Gasteiger partial charge is 0.486 e. The summed E-state index contributed by atoms with van der Waals surface area (Å²) < 4.78 is 11.0. The third-order valence-electron chi connectivity index (χ3n) is 4.82. The molecule has 148 valence electrons. The number of halogens is 2. The highest BCUT2D eigenvalue weighted by Crippen LogP contribution is 2.32. The number of benzene rings is 2. The van der Waals surface area contributed by atoms with E-state index in [-0.39, 0.29) is 30.6 Å². The molecule has 2 aromatic carbocycles. The number of amides is 1. The summed E-state index contributed by atoms with van der Waals surface area (Å²) in [5.74, 6) is 0.944. The second-order valence-electron chi connectivity index (χ2n) is 6.63. The average Bonchev–Trinajstić information content (AvgIpc) is 2.70. The van der Waals surface area contributed by atoms with Crippen LogP contribution in [0.1, 0.15) is 41.7 Å². The molecule has 0 spiro atoms. The molecule has 7 heteroatoms. The van der Waals surface area contributed by atoms with Crippen molar-refractivity contribution in [3.05, 3.63) is 57.6 Å². The first-order chi connectivity index (χ1) is 13.4. The molecule has 0 aromatic heterocycles. The molecule has 2 aromatic rings. The van der Waals surface area contributed by atoms with Crippen LogP contribution in [0, 0.1) is 0 Å². The van der Waals surface area contributed by atoms with Gasteiger partial charge in [-0.25, -0.2) is 0 Å². The number of rotatable bonds is 6. The van der Waals surface area contributed by atoms with Gasteiger partial charge in [0.25, 0.3) is 0 Å². The Bertz CT molecular complexity index is 900. The molecular weight excluding hydrogens is 401 g/mol. The molecule has 0 radical (unpaired) electrons. The summed E-state index contributed by atoms with van der Waals surface area (Å²) in [5, 5.41) is 1.05. The summed E-state index contributed by atoms with van der Waals surface area (Å²) in [6.45, 7) is 2.84. The molecule has 0 fully saturated rings. The van der Waals surface area contributed by atoms with Gasteiger partial charge in [-0.1, -0.05) is 29.3 Å². The van der Waals surface area contributed by atoms with Crippen molar-refractivity contribution in [1.29, 1.82) is 0 Å². The molecule has 0 N–H and O–H groups in total. The molecule has 5 nitrogen and oxygen atoms in total. The Morgan fingerprint density at radius 2 is 1.75 bits per heavy atom. The van der Waals surface area contributed by atoms with Crippen LogP contribution in [0.2, 0.25) is 10.0 Å². The van der Waals surface area contributed by atoms with Crippen LogP contribution in [-0.4, -0.2) is 36.9 Å². The van der Waals surface area contributed by atoms with Crippen LogP contribution in [0.4, 0.5) is 0 Å². The van der Waals surface area contributed by atoms with Gasteiger partial charge in [-0.05, 0) is 42.8 Å². The minimum Gasteiger partial charge on any atom is -0.486 e. The lowest BCUT2D eigenvalue weighted by Gasteiger charge is -2.26. The van der Waals surface area contributed by atoms with E-state index in [9.17, 15) is 9.59 Å². The molecule has 28 heavy (non-hydrogen) atoms. The standard InChI is InChI=1S/C21H21Cl2NO4/c1-13(16-5-4-15(22)12-17(16)23)24(2)21(26)8-6-18(25)14-3-7-19-20(11-14)28-10-9-27-19/h3-5,7,11-13H,6,8-10H2,1-2H3. The van der Waals surface area contributed by atoms with Crippen molar-refractivity contribution in [3.8, 4) is 11.5 Å². The topological polar surface area (TPSA) is 55.8 Å². The van der Waals surface area contributed by atoms with E-state index in [1.807, 2.05) is 6.92 Å². The first kappa shape index (κ1) is 20.5. The van der Waals surface area contributed by atoms with Crippen LogP contribution in [0.25, 0.3) is 0 Å². The van der Waals surface area contributed by atoms with Gasteiger partial charge in [-0.15, -0.1) is 0 Å². The fourth-order valence-electron chi connectivity index (χ4n) is 3.02. The number of nitrogens with zero attached hydrogens (tertiary/aromatic N) is 1. The highest BCUT2D eigenvalue weighted by Gasteiger charge is 2.21. The fourth-order valence-corrected chi connectivity index (χ4v) is 3.59. The van der Waals surface area contributed by atoms with Crippen molar-refractivity contribution in [1.82, 2.24) is 4.90 Å². The Balaban J connectivity index is 1.60. The summed E-state index contributed by atoms with van der Waals surface area (Å²) in [4.78, 5) is 26.6. The zero-order chi connectivity index (χ0) is 20.3. The Hall–Kier alpha value is -2.24. The number of hydrogen-bond acceptors (Lipinski definition) is 4. The molecule has 0 saturated carbocycles. The first-order valence-corrected chi connectivity index (χ1v) is 9.76. The second kappa shape index (κ2) is 8.84. The van der Waals surface area contributed by atoms with Crippen LogP contribution in [0.3, 0.4) is 0 Å². The minimum absolute atomic E-state index is 0.110. The lowest BCUT2D eigenvalue weighted by Crippen LogP contribution is -2.30. The Kier molecular flexibility index (Phi) is 6.47. The highest BCUT2D eigenvalue weighted by atomic mass is 35.5. The van der Waals surface area contributed by atoms with Gasteiger partial charge in [0, 0.05) is 35.5 Å². The molecule has 3 rings (SSSR count). The first-order valence-electron chi connectivity index (χ1n) is 9.00. The van der Waals surface area contributed by atoms with Crippen molar-refractivity contribution in [3.63, 3.8) is 0 Å². The van der Waals surface area contributed by atoms with Crippen LogP contribution in [-0.2, 0) is 4.79 Å². The molecule has 1 heterocycles. The molecule has 1 atom stereocenters. The zero-order valence-electron chi connectivity index (χ0n) is 15.7. The number of Topliss-reactive ketones (excluding diaryl/α,β-unsaturated/α-hetero) is 1. The van der Waals surface area contributed by atoms with E-state index in [1.165, 1.54) is 0 Å². The molecule has 1 amide bonds. The van der Waals surface area contributed by atoms with Gasteiger partial charge in [-0.3, -0.25) is 9.59 Å². The van der Waals surface area contributed by atoms with E-state index in [0.29, 0.717) is 40.3 Å². The lowest BCUT2D eigenvalue weighted by atomic mass is 10.0. The maximum atomic E-state index is 12.6. The monoisotopic (exact) mass is 421 g/mol. The number of ketones is 1. The molecule has 0 aliphatic carbocycles. The molecule has 0 saturated heterocycles.